The number of aryl methyl sites for hydroxylation is 1. The number of aromatic nitrogens is 1. The summed E-state index contributed by atoms with van der Waals surface area (Å²) in [5, 5.41) is 2.98. The maximum atomic E-state index is 12.0. The standard InChI is InChI=1S/C22H18Cl2N2O/c1-2-13-6-8-15-20(11-13)26(12-14-7-9-17(23)18(24)10-14)19-5-3-4-16(21(15)19)22(25)27/h3-11H,2,12H2,1H3,(H2,25,27). The topological polar surface area (TPSA) is 48.0 Å². The minimum absolute atomic E-state index is 0.422. The molecule has 0 fully saturated rings. The first-order valence-corrected chi connectivity index (χ1v) is 9.52. The molecule has 1 heterocycles. The lowest BCUT2D eigenvalue weighted by atomic mass is 10.0. The van der Waals surface area contributed by atoms with Crippen molar-refractivity contribution in [2.24, 2.45) is 5.73 Å². The van der Waals surface area contributed by atoms with Crippen LogP contribution in [0.5, 0.6) is 0 Å². The first kappa shape index (κ1) is 17.9. The van der Waals surface area contributed by atoms with Crippen LogP contribution in [0.1, 0.15) is 28.4 Å². The molecule has 0 radical (unpaired) electrons. The van der Waals surface area contributed by atoms with Gasteiger partial charge in [-0.1, -0.05) is 54.4 Å². The summed E-state index contributed by atoms with van der Waals surface area (Å²) < 4.78 is 2.20. The molecule has 0 atom stereocenters. The molecule has 0 saturated carbocycles. The number of primary amides is 1. The first-order valence-electron chi connectivity index (χ1n) is 8.77. The van der Waals surface area contributed by atoms with E-state index in [1.54, 1.807) is 12.1 Å². The molecule has 1 amide bonds. The fourth-order valence-electron chi connectivity index (χ4n) is 3.61. The summed E-state index contributed by atoms with van der Waals surface area (Å²) in [5.41, 5.74) is 10.5. The molecule has 4 rings (SSSR count). The maximum absolute atomic E-state index is 12.0. The summed E-state index contributed by atoms with van der Waals surface area (Å²) in [6.07, 6.45) is 0.937. The third kappa shape index (κ3) is 3.07. The van der Waals surface area contributed by atoms with E-state index in [1.807, 2.05) is 24.3 Å². The van der Waals surface area contributed by atoms with Crippen LogP contribution in [0.2, 0.25) is 10.0 Å². The highest BCUT2D eigenvalue weighted by molar-refractivity contribution is 6.42. The van der Waals surface area contributed by atoms with Crippen molar-refractivity contribution in [3.05, 3.63) is 81.3 Å². The van der Waals surface area contributed by atoms with Gasteiger partial charge in [0.25, 0.3) is 0 Å². The highest BCUT2D eigenvalue weighted by Gasteiger charge is 2.17. The number of fused-ring (bicyclic) bond motifs is 3. The summed E-state index contributed by atoms with van der Waals surface area (Å²) in [5.74, 6) is -0.422. The second-order valence-electron chi connectivity index (χ2n) is 6.60. The number of carbonyl (C=O) groups is 1. The maximum Gasteiger partial charge on any atom is 0.249 e. The highest BCUT2D eigenvalue weighted by Crippen LogP contribution is 2.33. The van der Waals surface area contributed by atoms with Gasteiger partial charge in [0.05, 0.1) is 15.6 Å². The summed E-state index contributed by atoms with van der Waals surface area (Å²) in [6.45, 7) is 2.74. The van der Waals surface area contributed by atoms with Crippen LogP contribution in [-0.4, -0.2) is 10.5 Å². The Hall–Kier alpha value is -2.49. The van der Waals surface area contributed by atoms with E-state index in [9.17, 15) is 4.79 Å². The van der Waals surface area contributed by atoms with Gasteiger partial charge >= 0.3 is 0 Å². The van der Waals surface area contributed by atoms with E-state index in [0.717, 1.165) is 33.8 Å². The van der Waals surface area contributed by atoms with Crippen molar-refractivity contribution in [2.75, 3.05) is 0 Å². The van der Waals surface area contributed by atoms with E-state index in [1.165, 1.54) is 5.56 Å². The number of nitrogens with zero attached hydrogens (tertiary/aromatic N) is 1. The Balaban J connectivity index is 2.02. The van der Waals surface area contributed by atoms with Gasteiger partial charge in [-0.25, -0.2) is 0 Å². The van der Waals surface area contributed by atoms with E-state index in [0.29, 0.717) is 22.2 Å². The number of halogens is 2. The fourth-order valence-corrected chi connectivity index (χ4v) is 3.93. The molecule has 5 heteroatoms. The zero-order valence-corrected chi connectivity index (χ0v) is 16.3. The molecule has 2 N–H and O–H groups in total. The Bertz CT molecular complexity index is 1190. The summed E-state index contributed by atoms with van der Waals surface area (Å²) in [7, 11) is 0. The molecule has 3 aromatic carbocycles. The monoisotopic (exact) mass is 396 g/mol. The van der Waals surface area contributed by atoms with E-state index >= 15 is 0 Å². The van der Waals surface area contributed by atoms with Gasteiger partial charge in [0.2, 0.25) is 5.91 Å². The van der Waals surface area contributed by atoms with E-state index in [4.69, 9.17) is 28.9 Å². The number of hydrogen-bond donors (Lipinski definition) is 1. The summed E-state index contributed by atoms with van der Waals surface area (Å²) in [6, 6.07) is 17.7. The normalized spacial score (nSPS) is 11.4. The lowest BCUT2D eigenvalue weighted by Gasteiger charge is -2.10. The van der Waals surface area contributed by atoms with Crippen LogP contribution in [0.3, 0.4) is 0 Å². The van der Waals surface area contributed by atoms with Crippen LogP contribution >= 0.6 is 23.2 Å². The third-order valence-corrected chi connectivity index (χ3v) is 5.69. The van der Waals surface area contributed by atoms with Crippen molar-refractivity contribution < 1.29 is 4.79 Å². The predicted molar refractivity (Wildman–Crippen MR) is 113 cm³/mol. The van der Waals surface area contributed by atoms with E-state index in [-0.39, 0.29) is 0 Å². The first-order chi connectivity index (χ1) is 13.0. The SMILES string of the molecule is CCc1ccc2c3c(C(N)=O)cccc3n(Cc3ccc(Cl)c(Cl)c3)c2c1. The number of nitrogens with two attached hydrogens (primary N) is 1. The Labute approximate surface area is 167 Å². The molecule has 0 aliphatic rings. The minimum Gasteiger partial charge on any atom is -0.366 e. The second kappa shape index (κ2) is 6.91. The molecule has 27 heavy (non-hydrogen) atoms. The van der Waals surface area contributed by atoms with Crippen LogP contribution in [0, 0.1) is 0 Å². The van der Waals surface area contributed by atoms with Gasteiger partial charge in [0.1, 0.15) is 0 Å². The third-order valence-electron chi connectivity index (χ3n) is 4.95. The molecule has 0 spiro atoms. The van der Waals surface area contributed by atoms with Crippen molar-refractivity contribution >= 4 is 50.9 Å². The summed E-state index contributed by atoms with van der Waals surface area (Å²) >= 11 is 12.3. The van der Waals surface area contributed by atoms with Crippen molar-refractivity contribution in [3.8, 4) is 0 Å². The molecule has 0 bridgehead atoms. The molecular formula is C22H18Cl2N2O. The van der Waals surface area contributed by atoms with E-state index < -0.39 is 5.91 Å². The Morgan fingerprint density at radius 1 is 0.963 bits per heavy atom. The number of carbonyl (C=O) groups excluding carboxylic acids is 1. The van der Waals surface area contributed by atoms with Crippen LogP contribution in [0.4, 0.5) is 0 Å². The molecule has 3 nitrogen and oxygen atoms in total. The van der Waals surface area contributed by atoms with Crippen molar-refractivity contribution in [2.45, 2.75) is 19.9 Å². The molecule has 1 aromatic heterocycles. The molecule has 0 saturated heterocycles. The van der Waals surface area contributed by atoms with Gasteiger partial charge in [-0.15, -0.1) is 0 Å². The Morgan fingerprint density at radius 2 is 1.74 bits per heavy atom. The molecular weight excluding hydrogens is 379 g/mol. The molecule has 0 aliphatic heterocycles. The lowest BCUT2D eigenvalue weighted by molar-refractivity contribution is 0.100. The smallest absolute Gasteiger partial charge is 0.249 e. The molecule has 4 aromatic rings. The van der Waals surface area contributed by atoms with Crippen LogP contribution in [-0.2, 0) is 13.0 Å². The zero-order valence-electron chi connectivity index (χ0n) is 14.8. The molecule has 0 aliphatic carbocycles. The number of amides is 1. The second-order valence-corrected chi connectivity index (χ2v) is 7.42. The van der Waals surface area contributed by atoms with Crippen molar-refractivity contribution in [3.63, 3.8) is 0 Å². The average Bonchev–Trinajstić information content (AvgIpc) is 2.97. The largest absolute Gasteiger partial charge is 0.366 e. The van der Waals surface area contributed by atoms with Gasteiger partial charge < -0.3 is 10.3 Å². The predicted octanol–water partition coefficient (Wildman–Crippen LogP) is 5.81. The van der Waals surface area contributed by atoms with Gasteiger partial charge in [-0.05, 0) is 47.9 Å². The van der Waals surface area contributed by atoms with Crippen molar-refractivity contribution in [1.82, 2.24) is 4.57 Å². The van der Waals surface area contributed by atoms with Crippen molar-refractivity contribution in [1.29, 1.82) is 0 Å². The van der Waals surface area contributed by atoms with Gasteiger partial charge in [-0.2, -0.15) is 0 Å². The number of hydrogen-bond acceptors (Lipinski definition) is 1. The Kier molecular flexibility index (Phi) is 4.58. The van der Waals surface area contributed by atoms with E-state index in [2.05, 4.69) is 29.7 Å². The molecule has 0 unspecified atom stereocenters. The molecule has 136 valence electrons. The van der Waals surface area contributed by atoms with Crippen LogP contribution in [0.25, 0.3) is 21.8 Å². The highest BCUT2D eigenvalue weighted by atomic mass is 35.5. The van der Waals surface area contributed by atoms with Gasteiger partial charge in [0.15, 0.2) is 0 Å². The van der Waals surface area contributed by atoms with Crippen LogP contribution < -0.4 is 5.73 Å². The van der Waals surface area contributed by atoms with Crippen LogP contribution in [0.15, 0.2) is 54.6 Å². The fraction of sp³-hybridized carbons (Fsp3) is 0.136. The van der Waals surface area contributed by atoms with Gasteiger partial charge in [0, 0.05) is 28.4 Å². The zero-order chi connectivity index (χ0) is 19.1. The number of benzene rings is 3. The summed E-state index contributed by atoms with van der Waals surface area (Å²) in [4.78, 5) is 12.0. The average molecular weight is 397 g/mol. The quantitative estimate of drug-likeness (QED) is 0.464. The minimum atomic E-state index is -0.422. The van der Waals surface area contributed by atoms with Gasteiger partial charge in [-0.3, -0.25) is 4.79 Å². The lowest BCUT2D eigenvalue weighted by Crippen LogP contribution is -2.11. The Morgan fingerprint density at radius 3 is 2.44 bits per heavy atom. The number of rotatable bonds is 4.